The van der Waals surface area contributed by atoms with Crippen LogP contribution in [-0.2, 0) is 0 Å². The summed E-state index contributed by atoms with van der Waals surface area (Å²) < 4.78 is 7.04. The zero-order chi connectivity index (χ0) is 30.6. The van der Waals surface area contributed by atoms with Crippen molar-refractivity contribution in [3.05, 3.63) is 146 Å². The Labute approximate surface area is 267 Å². The first-order chi connectivity index (χ1) is 23.3. The van der Waals surface area contributed by atoms with Crippen molar-refractivity contribution in [1.82, 2.24) is 28.5 Å². The molecule has 0 saturated carbocycles. The van der Waals surface area contributed by atoms with Crippen LogP contribution in [-0.4, -0.2) is 28.5 Å². The third kappa shape index (κ3) is 3.21. The number of hydrogen-bond acceptors (Lipinski definition) is 3. The van der Waals surface area contributed by atoms with Crippen LogP contribution < -0.4 is 0 Å². The molecule has 0 aliphatic carbocycles. The van der Waals surface area contributed by atoms with Gasteiger partial charge in [-0.25, -0.2) is 9.97 Å². The number of aromatic nitrogens is 6. The maximum absolute atomic E-state index is 5.14. The molecule has 47 heavy (non-hydrogen) atoms. The van der Waals surface area contributed by atoms with Gasteiger partial charge in [0.05, 0.1) is 33.8 Å². The van der Waals surface area contributed by atoms with Gasteiger partial charge in [-0.05, 0) is 66.0 Å². The first-order valence-corrected chi connectivity index (χ1v) is 15.8. The van der Waals surface area contributed by atoms with E-state index in [9.17, 15) is 0 Å². The van der Waals surface area contributed by atoms with Crippen molar-refractivity contribution >= 4 is 82.1 Å². The van der Waals surface area contributed by atoms with E-state index < -0.39 is 0 Å². The van der Waals surface area contributed by atoms with Gasteiger partial charge in [0.1, 0.15) is 11.2 Å². The second kappa shape index (κ2) is 9.02. The van der Waals surface area contributed by atoms with E-state index in [0.717, 1.165) is 55.4 Å². The Morgan fingerprint density at radius 3 is 1.89 bits per heavy atom. The lowest BCUT2D eigenvalue weighted by Gasteiger charge is -2.13. The SMILES string of the molecule is c1ccc(-n2c3ccccc3c3ccc4c5cc6c(cc5n(-c5ccccc5)c4c32)c2ccncc2n2c3ncccc3nc62)cc1. The van der Waals surface area contributed by atoms with E-state index in [4.69, 9.17) is 9.97 Å². The average Bonchev–Trinajstić information content (AvgIpc) is 3.80. The van der Waals surface area contributed by atoms with Gasteiger partial charge < -0.3 is 9.13 Å². The Morgan fingerprint density at radius 1 is 0.426 bits per heavy atom. The quantitative estimate of drug-likeness (QED) is 0.186. The summed E-state index contributed by atoms with van der Waals surface area (Å²) in [5.41, 5.74) is 10.5. The molecule has 0 saturated heterocycles. The molecule has 0 radical (unpaired) electrons. The molecular formula is C41H24N6. The molecule has 218 valence electrons. The highest BCUT2D eigenvalue weighted by atomic mass is 15.1. The van der Waals surface area contributed by atoms with Crippen LogP contribution in [0.3, 0.4) is 0 Å². The fourth-order valence-corrected chi connectivity index (χ4v) is 7.81. The first kappa shape index (κ1) is 24.8. The van der Waals surface area contributed by atoms with E-state index in [1.165, 1.54) is 38.1 Å². The third-order valence-electron chi connectivity index (χ3n) is 9.72. The van der Waals surface area contributed by atoms with E-state index in [1.54, 1.807) is 0 Å². The molecule has 6 heteroatoms. The number of pyridine rings is 3. The van der Waals surface area contributed by atoms with Crippen molar-refractivity contribution in [2.45, 2.75) is 0 Å². The molecule has 0 atom stereocenters. The molecule has 0 fully saturated rings. The summed E-state index contributed by atoms with van der Waals surface area (Å²) in [6.07, 6.45) is 5.63. The maximum atomic E-state index is 5.14. The van der Waals surface area contributed by atoms with Crippen LogP contribution in [0, 0.1) is 0 Å². The summed E-state index contributed by atoms with van der Waals surface area (Å²) in [4.78, 5) is 14.4. The van der Waals surface area contributed by atoms with Gasteiger partial charge in [0.15, 0.2) is 5.65 Å². The van der Waals surface area contributed by atoms with Crippen molar-refractivity contribution in [1.29, 1.82) is 0 Å². The standard InChI is InChI=1S/C41H24N6/c1-3-10-25(11-4-1)45-35-16-8-7-14-27(35)29-17-18-30-32-22-33-31(23-36(32)46(39(30)38(29)45)26-12-5-2-6-13-26)28-19-21-42-24-37(28)47-40(33)44-34-15-9-20-43-41(34)47/h1-24H. The molecule has 11 aromatic rings. The number of benzene rings is 5. The Morgan fingerprint density at radius 2 is 1.11 bits per heavy atom. The minimum atomic E-state index is 0.836. The fraction of sp³-hybridized carbons (Fsp3) is 0. The summed E-state index contributed by atoms with van der Waals surface area (Å²) in [7, 11) is 0. The van der Waals surface area contributed by atoms with Crippen molar-refractivity contribution in [2.75, 3.05) is 0 Å². The molecule has 0 bridgehead atoms. The molecule has 5 aromatic carbocycles. The van der Waals surface area contributed by atoms with Crippen molar-refractivity contribution in [3.8, 4) is 11.4 Å². The van der Waals surface area contributed by atoms with Crippen molar-refractivity contribution in [2.24, 2.45) is 0 Å². The zero-order valence-corrected chi connectivity index (χ0v) is 25.0. The largest absolute Gasteiger partial charge is 0.307 e. The number of nitrogens with zero attached hydrogens (tertiary/aromatic N) is 6. The molecule has 6 aromatic heterocycles. The lowest BCUT2D eigenvalue weighted by Crippen LogP contribution is -1.98. The highest BCUT2D eigenvalue weighted by Gasteiger charge is 2.23. The van der Waals surface area contributed by atoms with Gasteiger partial charge in [0, 0.05) is 56.1 Å². The van der Waals surface area contributed by atoms with Crippen LogP contribution in [0.4, 0.5) is 0 Å². The van der Waals surface area contributed by atoms with Gasteiger partial charge in [-0.1, -0.05) is 66.7 Å². The molecule has 0 amide bonds. The summed E-state index contributed by atoms with van der Waals surface area (Å²) in [5.74, 6) is 0. The summed E-state index contributed by atoms with van der Waals surface area (Å²) in [6.45, 7) is 0. The normalized spacial score (nSPS) is 12.3. The molecule has 6 nitrogen and oxygen atoms in total. The minimum absolute atomic E-state index is 0.836. The summed E-state index contributed by atoms with van der Waals surface area (Å²) in [6, 6.07) is 45.5. The predicted molar refractivity (Wildman–Crippen MR) is 192 cm³/mol. The minimum Gasteiger partial charge on any atom is -0.307 e. The van der Waals surface area contributed by atoms with Crippen molar-refractivity contribution < 1.29 is 0 Å². The first-order valence-electron chi connectivity index (χ1n) is 15.8. The highest BCUT2D eigenvalue weighted by Crippen LogP contribution is 2.44. The topological polar surface area (TPSA) is 52.9 Å². The molecule has 0 N–H and O–H groups in total. The van der Waals surface area contributed by atoms with Crippen molar-refractivity contribution in [3.63, 3.8) is 0 Å². The summed E-state index contributed by atoms with van der Waals surface area (Å²) in [5, 5.41) is 8.18. The zero-order valence-electron chi connectivity index (χ0n) is 25.0. The Bertz CT molecular complexity index is 3060. The molecule has 6 heterocycles. The molecular weight excluding hydrogens is 576 g/mol. The monoisotopic (exact) mass is 600 g/mol. The fourth-order valence-electron chi connectivity index (χ4n) is 7.81. The van der Waals surface area contributed by atoms with Gasteiger partial charge in [-0.15, -0.1) is 0 Å². The third-order valence-corrected chi connectivity index (χ3v) is 9.72. The average molecular weight is 601 g/mol. The smallest absolute Gasteiger partial charge is 0.165 e. The maximum Gasteiger partial charge on any atom is 0.165 e. The second-order valence-corrected chi connectivity index (χ2v) is 12.1. The van der Waals surface area contributed by atoms with Gasteiger partial charge >= 0.3 is 0 Å². The van der Waals surface area contributed by atoms with Gasteiger partial charge in [-0.3, -0.25) is 9.38 Å². The Kier molecular flexibility index (Phi) is 4.75. The number of rotatable bonds is 2. The van der Waals surface area contributed by atoms with Crippen LogP contribution in [0.2, 0.25) is 0 Å². The Balaban J connectivity index is 1.42. The number of imidazole rings is 1. The van der Waals surface area contributed by atoms with E-state index in [0.29, 0.717) is 0 Å². The molecule has 0 unspecified atom stereocenters. The van der Waals surface area contributed by atoms with Crippen LogP contribution in [0.5, 0.6) is 0 Å². The van der Waals surface area contributed by atoms with Crippen LogP contribution in [0.25, 0.3) is 93.5 Å². The summed E-state index contributed by atoms with van der Waals surface area (Å²) >= 11 is 0. The predicted octanol–water partition coefficient (Wildman–Crippen LogP) is 9.78. The Hall–Kier alpha value is -6.53. The van der Waals surface area contributed by atoms with E-state index in [2.05, 4.69) is 134 Å². The number of para-hydroxylation sites is 3. The lowest BCUT2D eigenvalue weighted by atomic mass is 10.0. The molecule has 0 aliphatic rings. The van der Waals surface area contributed by atoms with Gasteiger partial charge in [0.2, 0.25) is 0 Å². The van der Waals surface area contributed by atoms with Crippen LogP contribution >= 0.6 is 0 Å². The van der Waals surface area contributed by atoms with E-state index in [1.807, 2.05) is 30.7 Å². The molecule has 0 spiro atoms. The number of hydrogen-bond donors (Lipinski definition) is 0. The van der Waals surface area contributed by atoms with Crippen LogP contribution in [0.15, 0.2) is 146 Å². The van der Waals surface area contributed by atoms with Crippen LogP contribution in [0.1, 0.15) is 0 Å². The molecule has 0 aliphatic heterocycles. The van der Waals surface area contributed by atoms with E-state index in [-0.39, 0.29) is 0 Å². The highest BCUT2D eigenvalue weighted by molar-refractivity contribution is 6.27. The molecule has 11 rings (SSSR count). The van der Waals surface area contributed by atoms with Gasteiger partial charge in [0.25, 0.3) is 0 Å². The van der Waals surface area contributed by atoms with E-state index >= 15 is 0 Å². The number of fused-ring (bicyclic) bond motifs is 15. The lowest BCUT2D eigenvalue weighted by molar-refractivity contribution is 1.15. The van der Waals surface area contributed by atoms with Gasteiger partial charge in [-0.2, -0.15) is 0 Å². The second-order valence-electron chi connectivity index (χ2n) is 12.1.